The summed E-state index contributed by atoms with van der Waals surface area (Å²) in [4.78, 5) is 12.6. The van der Waals surface area contributed by atoms with E-state index in [1.54, 1.807) is 0 Å². The number of hydrogen-bond donors (Lipinski definition) is 1. The molecule has 5 heteroatoms. The monoisotopic (exact) mass is 307 g/mol. The SMILES string of the molecule is CCn1cc2ccc(NC(=O)[C@@H]3COc4ccccc43)cc2n1. The van der Waals surface area contributed by atoms with E-state index in [0.29, 0.717) is 6.61 Å². The molecule has 1 amide bonds. The molecule has 1 N–H and O–H groups in total. The van der Waals surface area contributed by atoms with Gasteiger partial charge in [-0.3, -0.25) is 9.48 Å². The standard InChI is InChI=1S/C18H17N3O2/c1-2-21-10-12-7-8-13(9-16(12)20-21)19-18(22)15-11-23-17-6-4-3-5-14(15)17/h3-10,15H,2,11H2,1H3,(H,19,22)/t15-/m1/s1. The number of nitrogens with one attached hydrogen (secondary N) is 1. The summed E-state index contributed by atoms with van der Waals surface area (Å²) in [7, 11) is 0. The fourth-order valence-electron chi connectivity index (χ4n) is 2.92. The van der Waals surface area contributed by atoms with Gasteiger partial charge in [0.25, 0.3) is 0 Å². The van der Waals surface area contributed by atoms with Gasteiger partial charge in [-0.1, -0.05) is 18.2 Å². The Morgan fingerprint density at radius 1 is 1.35 bits per heavy atom. The molecule has 23 heavy (non-hydrogen) atoms. The second-order valence-corrected chi connectivity index (χ2v) is 5.65. The third-order valence-electron chi connectivity index (χ3n) is 4.16. The average Bonchev–Trinajstić information content (AvgIpc) is 3.18. The Morgan fingerprint density at radius 2 is 2.22 bits per heavy atom. The minimum atomic E-state index is -0.268. The number of aryl methyl sites for hydroxylation is 1. The van der Waals surface area contributed by atoms with Gasteiger partial charge in [0.2, 0.25) is 5.91 Å². The van der Waals surface area contributed by atoms with Crippen molar-refractivity contribution in [2.24, 2.45) is 0 Å². The van der Waals surface area contributed by atoms with Crippen LogP contribution in [0.3, 0.4) is 0 Å². The van der Waals surface area contributed by atoms with Crippen molar-refractivity contribution in [3.63, 3.8) is 0 Å². The number of fused-ring (bicyclic) bond motifs is 2. The normalized spacial score (nSPS) is 16.1. The van der Waals surface area contributed by atoms with Crippen LogP contribution in [-0.4, -0.2) is 22.3 Å². The predicted octanol–water partition coefficient (Wildman–Crippen LogP) is 3.17. The molecule has 0 spiro atoms. The molecule has 0 saturated heterocycles. The zero-order valence-electron chi connectivity index (χ0n) is 12.8. The summed E-state index contributed by atoms with van der Waals surface area (Å²) in [6.45, 7) is 3.26. The van der Waals surface area contributed by atoms with Crippen LogP contribution in [0.4, 0.5) is 5.69 Å². The van der Waals surface area contributed by atoms with Crippen molar-refractivity contribution in [2.75, 3.05) is 11.9 Å². The molecule has 1 aromatic heterocycles. The molecule has 0 radical (unpaired) electrons. The van der Waals surface area contributed by atoms with E-state index in [2.05, 4.69) is 10.4 Å². The van der Waals surface area contributed by atoms with E-state index < -0.39 is 0 Å². The molecule has 3 aromatic rings. The van der Waals surface area contributed by atoms with Gasteiger partial charge in [-0.25, -0.2) is 0 Å². The van der Waals surface area contributed by atoms with E-state index in [9.17, 15) is 4.79 Å². The molecule has 0 aliphatic carbocycles. The first-order valence-electron chi connectivity index (χ1n) is 7.74. The Kier molecular flexibility index (Phi) is 3.26. The number of rotatable bonds is 3. The quantitative estimate of drug-likeness (QED) is 0.808. The Balaban J connectivity index is 1.57. The number of benzene rings is 2. The fourth-order valence-corrected chi connectivity index (χ4v) is 2.92. The first kappa shape index (κ1) is 13.8. The molecule has 116 valence electrons. The first-order chi connectivity index (χ1) is 11.2. The number of ether oxygens (including phenoxy) is 1. The number of para-hydroxylation sites is 1. The zero-order chi connectivity index (χ0) is 15.8. The lowest BCUT2D eigenvalue weighted by Crippen LogP contribution is -2.22. The Morgan fingerprint density at radius 3 is 3.09 bits per heavy atom. The highest BCUT2D eigenvalue weighted by Crippen LogP contribution is 2.34. The van der Waals surface area contributed by atoms with Crippen LogP contribution in [0.1, 0.15) is 18.4 Å². The molecule has 0 unspecified atom stereocenters. The van der Waals surface area contributed by atoms with Crippen LogP contribution >= 0.6 is 0 Å². The summed E-state index contributed by atoms with van der Waals surface area (Å²) in [6, 6.07) is 13.5. The van der Waals surface area contributed by atoms with Gasteiger partial charge in [0.1, 0.15) is 18.3 Å². The maximum absolute atomic E-state index is 12.6. The molecular weight excluding hydrogens is 290 g/mol. The zero-order valence-corrected chi connectivity index (χ0v) is 12.8. The van der Waals surface area contributed by atoms with Gasteiger partial charge in [0, 0.05) is 29.4 Å². The van der Waals surface area contributed by atoms with Crippen LogP contribution in [0.2, 0.25) is 0 Å². The third-order valence-corrected chi connectivity index (χ3v) is 4.16. The maximum Gasteiger partial charge on any atom is 0.235 e. The van der Waals surface area contributed by atoms with E-state index in [0.717, 1.165) is 34.4 Å². The van der Waals surface area contributed by atoms with Crippen molar-refractivity contribution in [2.45, 2.75) is 19.4 Å². The van der Waals surface area contributed by atoms with E-state index in [1.807, 2.05) is 60.3 Å². The summed E-state index contributed by atoms with van der Waals surface area (Å²) in [5, 5.41) is 8.52. The topological polar surface area (TPSA) is 56.2 Å². The number of nitrogens with zero attached hydrogens (tertiary/aromatic N) is 2. The van der Waals surface area contributed by atoms with Crippen LogP contribution in [0, 0.1) is 0 Å². The highest BCUT2D eigenvalue weighted by molar-refractivity contribution is 5.98. The maximum atomic E-state index is 12.6. The molecule has 1 aliphatic heterocycles. The summed E-state index contributed by atoms with van der Waals surface area (Å²) >= 11 is 0. The van der Waals surface area contributed by atoms with Crippen LogP contribution in [0.25, 0.3) is 10.9 Å². The van der Waals surface area contributed by atoms with Crippen molar-refractivity contribution >= 4 is 22.5 Å². The number of carbonyl (C=O) groups is 1. The fraction of sp³-hybridized carbons (Fsp3) is 0.222. The second kappa shape index (κ2) is 5.43. The number of amides is 1. The smallest absolute Gasteiger partial charge is 0.235 e. The molecule has 4 rings (SSSR count). The van der Waals surface area contributed by atoms with Crippen molar-refractivity contribution in [1.29, 1.82) is 0 Å². The number of anilines is 1. The Labute approximate surface area is 133 Å². The highest BCUT2D eigenvalue weighted by Gasteiger charge is 2.30. The summed E-state index contributed by atoms with van der Waals surface area (Å²) in [5.41, 5.74) is 2.59. The lowest BCUT2D eigenvalue weighted by molar-refractivity contribution is -0.117. The van der Waals surface area contributed by atoms with Gasteiger partial charge in [-0.2, -0.15) is 5.10 Å². The minimum Gasteiger partial charge on any atom is -0.492 e. The van der Waals surface area contributed by atoms with Gasteiger partial charge < -0.3 is 10.1 Å². The van der Waals surface area contributed by atoms with Gasteiger partial charge in [-0.05, 0) is 31.2 Å². The number of carbonyl (C=O) groups excluding carboxylic acids is 1. The van der Waals surface area contributed by atoms with E-state index in [1.165, 1.54) is 0 Å². The van der Waals surface area contributed by atoms with Gasteiger partial charge in [0.15, 0.2) is 0 Å². The number of aromatic nitrogens is 2. The highest BCUT2D eigenvalue weighted by atomic mass is 16.5. The first-order valence-corrected chi connectivity index (χ1v) is 7.74. The molecule has 2 aromatic carbocycles. The molecule has 1 aliphatic rings. The molecule has 5 nitrogen and oxygen atoms in total. The van der Waals surface area contributed by atoms with Crippen molar-refractivity contribution < 1.29 is 9.53 Å². The van der Waals surface area contributed by atoms with E-state index in [-0.39, 0.29) is 11.8 Å². The van der Waals surface area contributed by atoms with Crippen molar-refractivity contribution in [1.82, 2.24) is 9.78 Å². The van der Waals surface area contributed by atoms with E-state index >= 15 is 0 Å². The van der Waals surface area contributed by atoms with Crippen LogP contribution in [0.5, 0.6) is 5.75 Å². The molecule has 0 fully saturated rings. The van der Waals surface area contributed by atoms with Crippen LogP contribution < -0.4 is 10.1 Å². The minimum absolute atomic E-state index is 0.0516. The molecule has 0 bridgehead atoms. The molecule has 2 heterocycles. The third kappa shape index (κ3) is 2.44. The van der Waals surface area contributed by atoms with Gasteiger partial charge in [-0.15, -0.1) is 0 Å². The van der Waals surface area contributed by atoms with Crippen molar-refractivity contribution in [3.05, 3.63) is 54.2 Å². The second-order valence-electron chi connectivity index (χ2n) is 5.65. The van der Waals surface area contributed by atoms with Gasteiger partial charge in [0.05, 0.1) is 5.52 Å². The summed E-state index contributed by atoms with van der Waals surface area (Å²) < 4.78 is 7.47. The Bertz CT molecular complexity index is 885. The molecular formula is C18H17N3O2. The number of hydrogen-bond acceptors (Lipinski definition) is 3. The largest absolute Gasteiger partial charge is 0.492 e. The summed E-state index contributed by atoms with van der Waals surface area (Å²) in [6.07, 6.45) is 2.00. The lowest BCUT2D eigenvalue weighted by atomic mass is 10.0. The van der Waals surface area contributed by atoms with Crippen LogP contribution in [-0.2, 0) is 11.3 Å². The lowest BCUT2D eigenvalue weighted by Gasteiger charge is -2.10. The predicted molar refractivity (Wildman–Crippen MR) is 88.7 cm³/mol. The van der Waals surface area contributed by atoms with Gasteiger partial charge >= 0.3 is 0 Å². The van der Waals surface area contributed by atoms with E-state index in [4.69, 9.17) is 4.74 Å². The Hall–Kier alpha value is -2.82. The van der Waals surface area contributed by atoms with Crippen molar-refractivity contribution in [3.8, 4) is 5.75 Å². The molecule has 1 atom stereocenters. The average molecular weight is 307 g/mol. The summed E-state index contributed by atoms with van der Waals surface area (Å²) in [5.74, 6) is 0.476. The van der Waals surface area contributed by atoms with Crippen LogP contribution in [0.15, 0.2) is 48.7 Å². The molecule has 0 saturated carbocycles.